The summed E-state index contributed by atoms with van der Waals surface area (Å²) in [4.78, 5) is 18.7. The van der Waals surface area contributed by atoms with Crippen LogP contribution < -0.4 is 9.47 Å². The number of hydrogen-bond acceptors (Lipinski definition) is 5. The van der Waals surface area contributed by atoms with Gasteiger partial charge in [0, 0.05) is 31.5 Å². The molecule has 0 spiro atoms. The average Bonchev–Trinajstić information content (AvgIpc) is 3.25. The van der Waals surface area contributed by atoms with Crippen molar-refractivity contribution in [3.05, 3.63) is 65.9 Å². The fourth-order valence-corrected chi connectivity index (χ4v) is 3.33. The minimum Gasteiger partial charge on any atom is -0.486 e. The number of oxazole rings is 1. The molecule has 1 aliphatic rings. The number of ether oxygens (including phenoxy) is 2. The maximum atomic E-state index is 13.1. The van der Waals surface area contributed by atoms with Gasteiger partial charge in [0.1, 0.15) is 19.0 Å². The predicted molar refractivity (Wildman–Crippen MR) is 109 cm³/mol. The number of carbonyl (C=O) groups is 1. The highest BCUT2D eigenvalue weighted by atomic mass is 19.1. The maximum Gasteiger partial charge on any atom is 0.223 e. The van der Waals surface area contributed by atoms with Crippen molar-refractivity contribution in [1.29, 1.82) is 0 Å². The number of amides is 1. The zero-order chi connectivity index (χ0) is 20.9. The fraction of sp³-hybridized carbons (Fsp3) is 0.304. The summed E-state index contributed by atoms with van der Waals surface area (Å²) in [7, 11) is 0. The van der Waals surface area contributed by atoms with Crippen molar-refractivity contribution in [2.75, 3.05) is 19.8 Å². The number of aromatic nitrogens is 1. The molecule has 156 valence electrons. The van der Waals surface area contributed by atoms with Crippen molar-refractivity contribution in [3.8, 4) is 22.8 Å². The van der Waals surface area contributed by atoms with Gasteiger partial charge in [-0.05, 0) is 48.9 Å². The number of rotatable bonds is 7. The standard InChI is InChI=1S/C23H23FN2O4/c1-2-26(15-16-3-8-19-20(13-16)29-12-11-28-19)23(27)10-9-22-25-14-21(30-22)17-4-6-18(24)7-5-17/h3-8,13-14H,2,9-12,15H2,1H3. The Labute approximate surface area is 174 Å². The maximum absolute atomic E-state index is 13.1. The Bertz CT molecular complexity index is 1020. The van der Waals surface area contributed by atoms with Crippen LogP contribution in [0.4, 0.5) is 4.39 Å². The van der Waals surface area contributed by atoms with E-state index >= 15 is 0 Å². The lowest BCUT2D eigenvalue weighted by atomic mass is 10.1. The Morgan fingerprint density at radius 3 is 2.63 bits per heavy atom. The minimum absolute atomic E-state index is 0.0221. The van der Waals surface area contributed by atoms with Crippen LogP contribution in [0, 0.1) is 5.82 Å². The van der Waals surface area contributed by atoms with E-state index in [1.807, 2.05) is 25.1 Å². The third-order valence-corrected chi connectivity index (χ3v) is 4.95. The summed E-state index contributed by atoms with van der Waals surface area (Å²) in [6.45, 7) is 4.13. The van der Waals surface area contributed by atoms with Crippen LogP contribution in [0.1, 0.15) is 24.8 Å². The van der Waals surface area contributed by atoms with Crippen molar-refractivity contribution >= 4 is 5.91 Å². The normalized spacial score (nSPS) is 12.6. The summed E-state index contributed by atoms with van der Waals surface area (Å²) in [6.07, 6.45) is 2.29. The molecule has 7 heteroatoms. The molecule has 4 rings (SSSR count). The van der Waals surface area contributed by atoms with E-state index in [0.717, 1.165) is 22.6 Å². The van der Waals surface area contributed by atoms with Crippen LogP contribution in [-0.4, -0.2) is 35.5 Å². The number of fused-ring (bicyclic) bond motifs is 1. The lowest BCUT2D eigenvalue weighted by Crippen LogP contribution is -2.30. The Balaban J connectivity index is 1.35. The van der Waals surface area contributed by atoms with Crippen molar-refractivity contribution < 1.29 is 23.1 Å². The largest absolute Gasteiger partial charge is 0.486 e. The van der Waals surface area contributed by atoms with Crippen LogP contribution in [0.3, 0.4) is 0 Å². The molecule has 3 aromatic rings. The number of carbonyl (C=O) groups excluding carboxylic acids is 1. The van der Waals surface area contributed by atoms with Gasteiger partial charge in [-0.25, -0.2) is 9.37 Å². The minimum atomic E-state index is -0.304. The van der Waals surface area contributed by atoms with Crippen LogP contribution in [-0.2, 0) is 17.8 Å². The van der Waals surface area contributed by atoms with Crippen molar-refractivity contribution in [1.82, 2.24) is 9.88 Å². The SMILES string of the molecule is CCN(Cc1ccc2c(c1)OCCO2)C(=O)CCc1ncc(-c2ccc(F)cc2)o1. The molecule has 0 radical (unpaired) electrons. The molecule has 6 nitrogen and oxygen atoms in total. The molecule has 2 heterocycles. The second-order valence-electron chi connectivity index (χ2n) is 7.01. The van der Waals surface area contributed by atoms with Gasteiger partial charge in [-0.3, -0.25) is 4.79 Å². The highest BCUT2D eigenvalue weighted by molar-refractivity contribution is 5.76. The first-order valence-corrected chi connectivity index (χ1v) is 9.99. The van der Waals surface area contributed by atoms with Crippen LogP contribution in [0.2, 0.25) is 0 Å². The molecule has 0 saturated carbocycles. The molecule has 0 unspecified atom stereocenters. The van der Waals surface area contributed by atoms with E-state index in [1.165, 1.54) is 12.1 Å². The molecule has 1 aromatic heterocycles. The summed E-state index contributed by atoms with van der Waals surface area (Å²) < 4.78 is 29.9. The second-order valence-corrected chi connectivity index (χ2v) is 7.01. The monoisotopic (exact) mass is 410 g/mol. The van der Waals surface area contributed by atoms with Gasteiger partial charge in [0.15, 0.2) is 23.1 Å². The highest BCUT2D eigenvalue weighted by Gasteiger charge is 2.17. The van der Waals surface area contributed by atoms with Crippen LogP contribution >= 0.6 is 0 Å². The van der Waals surface area contributed by atoms with Gasteiger partial charge >= 0.3 is 0 Å². The third kappa shape index (κ3) is 4.62. The summed E-state index contributed by atoms with van der Waals surface area (Å²) in [5.41, 5.74) is 1.74. The van der Waals surface area contributed by atoms with E-state index in [2.05, 4.69) is 4.98 Å². The second kappa shape index (κ2) is 8.98. The molecule has 0 aliphatic carbocycles. The fourth-order valence-electron chi connectivity index (χ4n) is 3.33. The smallest absolute Gasteiger partial charge is 0.223 e. The molecule has 30 heavy (non-hydrogen) atoms. The Hall–Kier alpha value is -3.35. The van der Waals surface area contributed by atoms with Gasteiger partial charge in [-0.2, -0.15) is 0 Å². The van der Waals surface area contributed by atoms with Gasteiger partial charge in [-0.1, -0.05) is 6.07 Å². The molecule has 0 bridgehead atoms. The van der Waals surface area contributed by atoms with Gasteiger partial charge in [0.25, 0.3) is 0 Å². The van der Waals surface area contributed by atoms with Crippen LogP contribution in [0.5, 0.6) is 11.5 Å². The van der Waals surface area contributed by atoms with Crippen molar-refractivity contribution in [3.63, 3.8) is 0 Å². The number of halogens is 1. The van der Waals surface area contributed by atoms with Gasteiger partial charge in [0.2, 0.25) is 5.91 Å². The van der Waals surface area contributed by atoms with Gasteiger partial charge < -0.3 is 18.8 Å². The number of hydrogen-bond donors (Lipinski definition) is 0. The molecular formula is C23H23FN2O4. The van der Waals surface area contributed by atoms with E-state index in [-0.39, 0.29) is 11.7 Å². The summed E-state index contributed by atoms with van der Waals surface area (Å²) >= 11 is 0. The summed E-state index contributed by atoms with van der Waals surface area (Å²) in [5.74, 6) is 2.21. The summed E-state index contributed by atoms with van der Waals surface area (Å²) in [5, 5.41) is 0. The Kier molecular flexibility index (Phi) is 5.97. The highest BCUT2D eigenvalue weighted by Crippen LogP contribution is 2.31. The number of nitrogens with zero attached hydrogens (tertiary/aromatic N) is 2. The number of aryl methyl sites for hydroxylation is 1. The lowest BCUT2D eigenvalue weighted by molar-refractivity contribution is -0.131. The lowest BCUT2D eigenvalue weighted by Gasteiger charge is -2.23. The number of benzene rings is 2. The average molecular weight is 410 g/mol. The first-order chi connectivity index (χ1) is 14.6. The Morgan fingerprint density at radius 2 is 1.87 bits per heavy atom. The molecule has 0 atom stereocenters. The molecule has 0 fully saturated rings. The predicted octanol–water partition coefficient (Wildman–Crippen LogP) is 4.23. The van der Waals surface area contributed by atoms with E-state index in [1.54, 1.807) is 23.2 Å². The van der Waals surface area contributed by atoms with Crippen LogP contribution in [0.15, 0.2) is 53.1 Å². The van der Waals surface area contributed by atoms with Crippen LogP contribution in [0.25, 0.3) is 11.3 Å². The molecule has 2 aromatic carbocycles. The molecule has 1 aliphatic heterocycles. The van der Waals surface area contributed by atoms with E-state index in [9.17, 15) is 9.18 Å². The quantitative estimate of drug-likeness (QED) is 0.583. The van der Waals surface area contributed by atoms with Gasteiger partial charge in [0.05, 0.1) is 6.20 Å². The third-order valence-electron chi connectivity index (χ3n) is 4.95. The topological polar surface area (TPSA) is 64.8 Å². The van der Waals surface area contributed by atoms with Crippen molar-refractivity contribution in [2.45, 2.75) is 26.3 Å². The first-order valence-electron chi connectivity index (χ1n) is 9.99. The molecular weight excluding hydrogens is 387 g/mol. The Morgan fingerprint density at radius 1 is 1.10 bits per heavy atom. The molecule has 0 saturated heterocycles. The van der Waals surface area contributed by atoms with E-state index in [0.29, 0.717) is 50.8 Å². The summed E-state index contributed by atoms with van der Waals surface area (Å²) in [6, 6.07) is 11.8. The molecule has 1 amide bonds. The van der Waals surface area contributed by atoms with E-state index < -0.39 is 0 Å². The first kappa shape index (κ1) is 19.9. The molecule has 0 N–H and O–H groups in total. The van der Waals surface area contributed by atoms with Gasteiger partial charge in [-0.15, -0.1) is 0 Å². The zero-order valence-electron chi connectivity index (χ0n) is 16.8. The van der Waals surface area contributed by atoms with E-state index in [4.69, 9.17) is 13.9 Å². The zero-order valence-corrected chi connectivity index (χ0v) is 16.8. The van der Waals surface area contributed by atoms with Crippen molar-refractivity contribution in [2.24, 2.45) is 0 Å².